The number of rotatable bonds is 5. The second kappa shape index (κ2) is 5.66. The summed E-state index contributed by atoms with van der Waals surface area (Å²) >= 11 is 0. The molecule has 2 N–H and O–H groups in total. The zero-order valence-corrected chi connectivity index (χ0v) is 10.2. The number of aliphatic hydroxyl groups is 1. The molecule has 1 aromatic carbocycles. The first-order valence-electron chi connectivity index (χ1n) is 5.15. The minimum Gasteiger partial charge on any atom is -0.392 e. The highest BCUT2D eigenvalue weighted by molar-refractivity contribution is 7.93. The molecule has 6 heteroatoms. The monoisotopic (exact) mass is 254 g/mol. The van der Waals surface area contributed by atoms with Crippen LogP contribution in [-0.4, -0.2) is 18.8 Å². The van der Waals surface area contributed by atoms with Crippen LogP contribution in [0.1, 0.15) is 18.9 Å². The Morgan fingerprint density at radius 2 is 2.12 bits per heavy atom. The van der Waals surface area contributed by atoms with Gasteiger partial charge in [-0.2, -0.15) is 5.26 Å². The Labute approximate surface area is 101 Å². The van der Waals surface area contributed by atoms with E-state index in [2.05, 4.69) is 4.72 Å². The van der Waals surface area contributed by atoms with Crippen LogP contribution in [0.2, 0.25) is 0 Å². The number of aliphatic hydroxyl groups excluding tert-OH is 1. The van der Waals surface area contributed by atoms with Crippen LogP contribution in [0.3, 0.4) is 0 Å². The lowest BCUT2D eigenvalue weighted by Crippen LogP contribution is -2.26. The maximum Gasteiger partial charge on any atom is 0.249 e. The summed E-state index contributed by atoms with van der Waals surface area (Å²) in [5.41, 5.74) is 0.785. The van der Waals surface area contributed by atoms with Crippen molar-refractivity contribution in [3.63, 3.8) is 0 Å². The van der Waals surface area contributed by atoms with Crippen LogP contribution in [0.15, 0.2) is 24.3 Å². The van der Waals surface area contributed by atoms with Gasteiger partial charge in [-0.1, -0.05) is 25.1 Å². The highest BCUT2D eigenvalue weighted by atomic mass is 32.2. The number of nitrogens with zero attached hydrogens (tertiary/aromatic N) is 1. The summed E-state index contributed by atoms with van der Waals surface area (Å²) in [7, 11) is -3.73. The predicted octanol–water partition coefficient (Wildman–Crippen LogP) is 1.22. The first kappa shape index (κ1) is 13.5. The number of para-hydroxylation sites is 1. The number of nitriles is 1. The van der Waals surface area contributed by atoms with Gasteiger partial charge in [-0.3, -0.25) is 4.72 Å². The lowest BCUT2D eigenvalue weighted by molar-refractivity contribution is 0.282. The van der Waals surface area contributed by atoms with Gasteiger partial charge in [0.15, 0.2) is 5.25 Å². The van der Waals surface area contributed by atoms with Gasteiger partial charge in [-0.25, -0.2) is 8.42 Å². The molecule has 1 atom stereocenters. The molecule has 1 unspecified atom stereocenters. The molecule has 0 fully saturated rings. The van der Waals surface area contributed by atoms with Gasteiger partial charge in [0.2, 0.25) is 10.0 Å². The van der Waals surface area contributed by atoms with Gasteiger partial charge in [0, 0.05) is 5.56 Å². The first-order valence-corrected chi connectivity index (χ1v) is 6.69. The molecule has 0 amide bonds. The van der Waals surface area contributed by atoms with Crippen molar-refractivity contribution in [3.05, 3.63) is 29.8 Å². The van der Waals surface area contributed by atoms with Gasteiger partial charge in [0.25, 0.3) is 0 Å². The topological polar surface area (TPSA) is 90.2 Å². The van der Waals surface area contributed by atoms with Crippen LogP contribution in [0.4, 0.5) is 5.69 Å². The molecule has 17 heavy (non-hydrogen) atoms. The zero-order chi connectivity index (χ0) is 12.9. The lowest BCUT2D eigenvalue weighted by Gasteiger charge is -2.13. The Hall–Kier alpha value is -1.58. The number of hydrogen-bond donors (Lipinski definition) is 2. The first-order chi connectivity index (χ1) is 8.05. The standard InChI is InChI=1S/C11H14N2O3S/c1-2-10(7-12)17(15,16)13-11-6-4-3-5-9(11)8-14/h3-6,10,13-14H,2,8H2,1H3. The fraction of sp³-hybridized carbons (Fsp3) is 0.364. The summed E-state index contributed by atoms with van der Waals surface area (Å²) < 4.78 is 26.0. The van der Waals surface area contributed by atoms with Crippen LogP contribution in [0.25, 0.3) is 0 Å². The van der Waals surface area contributed by atoms with Crippen LogP contribution in [-0.2, 0) is 16.6 Å². The van der Waals surface area contributed by atoms with Crippen molar-refractivity contribution in [3.8, 4) is 6.07 Å². The Bertz CT molecular complexity index is 520. The van der Waals surface area contributed by atoms with E-state index < -0.39 is 15.3 Å². The Kier molecular flexibility index (Phi) is 4.49. The third-order valence-electron chi connectivity index (χ3n) is 2.33. The summed E-state index contributed by atoms with van der Waals surface area (Å²) in [4.78, 5) is 0. The smallest absolute Gasteiger partial charge is 0.249 e. The highest BCUT2D eigenvalue weighted by Gasteiger charge is 2.23. The van der Waals surface area contributed by atoms with Crippen LogP contribution < -0.4 is 4.72 Å². The van der Waals surface area contributed by atoms with E-state index in [-0.39, 0.29) is 13.0 Å². The molecular weight excluding hydrogens is 240 g/mol. The molecule has 0 heterocycles. The van der Waals surface area contributed by atoms with E-state index in [1.54, 1.807) is 37.3 Å². The molecule has 0 radical (unpaired) electrons. The van der Waals surface area contributed by atoms with Crippen molar-refractivity contribution < 1.29 is 13.5 Å². The largest absolute Gasteiger partial charge is 0.392 e. The average Bonchev–Trinajstić information content (AvgIpc) is 2.30. The number of benzene rings is 1. The molecule has 5 nitrogen and oxygen atoms in total. The van der Waals surface area contributed by atoms with Crippen LogP contribution in [0, 0.1) is 11.3 Å². The van der Waals surface area contributed by atoms with Crippen molar-refractivity contribution >= 4 is 15.7 Å². The third kappa shape index (κ3) is 3.19. The molecule has 0 aliphatic rings. The molecular formula is C11H14N2O3S. The van der Waals surface area contributed by atoms with Gasteiger partial charge < -0.3 is 5.11 Å². The third-order valence-corrected chi connectivity index (χ3v) is 4.02. The van der Waals surface area contributed by atoms with E-state index >= 15 is 0 Å². The van der Waals surface area contributed by atoms with E-state index in [9.17, 15) is 8.42 Å². The summed E-state index contributed by atoms with van der Waals surface area (Å²) in [6, 6.07) is 8.26. The molecule has 0 aliphatic carbocycles. The SMILES string of the molecule is CCC(C#N)S(=O)(=O)Nc1ccccc1CO. The number of sulfonamides is 1. The minimum atomic E-state index is -3.73. The normalized spacial score (nSPS) is 12.8. The fourth-order valence-corrected chi connectivity index (χ4v) is 2.59. The second-order valence-electron chi connectivity index (χ2n) is 3.49. The molecule has 0 aromatic heterocycles. The Balaban J connectivity index is 3.02. The minimum absolute atomic E-state index is 0.215. The van der Waals surface area contributed by atoms with Crippen LogP contribution in [0.5, 0.6) is 0 Å². The molecule has 92 valence electrons. The van der Waals surface area contributed by atoms with Crippen molar-refractivity contribution in [1.29, 1.82) is 5.26 Å². The van der Waals surface area contributed by atoms with Crippen molar-refractivity contribution in [2.45, 2.75) is 25.2 Å². The zero-order valence-electron chi connectivity index (χ0n) is 9.42. The maximum atomic E-state index is 11.8. The Morgan fingerprint density at radius 1 is 1.47 bits per heavy atom. The van der Waals surface area contributed by atoms with Crippen molar-refractivity contribution in [2.75, 3.05) is 4.72 Å². The number of nitrogens with one attached hydrogen (secondary N) is 1. The van der Waals surface area contributed by atoms with Gasteiger partial charge in [-0.15, -0.1) is 0 Å². The number of anilines is 1. The summed E-state index contributed by atoms with van der Waals surface area (Å²) in [5.74, 6) is 0. The van der Waals surface area contributed by atoms with E-state index in [4.69, 9.17) is 10.4 Å². The summed E-state index contributed by atoms with van der Waals surface area (Å²) in [6.07, 6.45) is 0.215. The quantitative estimate of drug-likeness (QED) is 0.826. The van der Waals surface area contributed by atoms with E-state index in [1.165, 1.54) is 0 Å². The molecule has 1 rings (SSSR count). The van der Waals surface area contributed by atoms with Gasteiger partial charge in [0.05, 0.1) is 18.4 Å². The van der Waals surface area contributed by atoms with E-state index in [0.29, 0.717) is 11.3 Å². The molecule has 0 spiro atoms. The van der Waals surface area contributed by atoms with E-state index in [1.807, 2.05) is 0 Å². The molecule has 0 saturated carbocycles. The molecule has 0 bridgehead atoms. The molecule has 0 saturated heterocycles. The van der Waals surface area contributed by atoms with Crippen LogP contribution >= 0.6 is 0 Å². The lowest BCUT2D eigenvalue weighted by atomic mass is 10.2. The number of hydrogen-bond acceptors (Lipinski definition) is 4. The van der Waals surface area contributed by atoms with Gasteiger partial charge in [-0.05, 0) is 12.5 Å². The summed E-state index contributed by atoms with van der Waals surface area (Å²) in [5, 5.41) is 16.7. The predicted molar refractivity (Wildman–Crippen MR) is 64.6 cm³/mol. The van der Waals surface area contributed by atoms with Crippen molar-refractivity contribution in [1.82, 2.24) is 0 Å². The summed E-state index contributed by atoms with van der Waals surface area (Å²) in [6.45, 7) is 1.37. The molecule has 1 aromatic rings. The second-order valence-corrected chi connectivity index (χ2v) is 5.35. The Morgan fingerprint density at radius 3 is 2.65 bits per heavy atom. The fourth-order valence-electron chi connectivity index (χ4n) is 1.36. The van der Waals surface area contributed by atoms with Gasteiger partial charge >= 0.3 is 0 Å². The average molecular weight is 254 g/mol. The molecule has 0 aliphatic heterocycles. The maximum absolute atomic E-state index is 11.8. The van der Waals surface area contributed by atoms with Gasteiger partial charge in [0.1, 0.15) is 0 Å². The highest BCUT2D eigenvalue weighted by Crippen LogP contribution is 2.18. The van der Waals surface area contributed by atoms with E-state index in [0.717, 1.165) is 0 Å². The van der Waals surface area contributed by atoms with Crippen molar-refractivity contribution in [2.24, 2.45) is 0 Å².